The first-order valence-electron chi connectivity index (χ1n) is 6.85. The molecule has 0 aromatic heterocycles. The molecule has 1 amide bonds. The second kappa shape index (κ2) is 6.17. The molecule has 104 valence electrons. The van der Waals surface area contributed by atoms with Crippen LogP contribution in [-0.2, 0) is 11.3 Å². The van der Waals surface area contributed by atoms with Gasteiger partial charge >= 0.3 is 0 Å². The Kier molecular flexibility index (Phi) is 4.56. The quantitative estimate of drug-likeness (QED) is 0.867. The van der Waals surface area contributed by atoms with Gasteiger partial charge in [0.25, 0.3) is 0 Å². The van der Waals surface area contributed by atoms with Crippen molar-refractivity contribution >= 4 is 11.6 Å². The number of carbonyl (C=O) groups excluding carboxylic acids is 1. The lowest BCUT2D eigenvalue weighted by Gasteiger charge is -2.18. The number of hydrogen-bond donors (Lipinski definition) is 2. The molecule has 2 rings (SSSR count). The molecule has 2 unspecified atom stereocenters. The van der Waals surface area contributed by atoms with Crippen molar-refractivity contribution in [2.45, 2.75) is 25.9 Å². The van der Waals surface area contributed by atoms with Gasteiger partial charge in [0.15, 0.2) is 0 Å². The molecule has 0 bridgehead atoms. The Morgan fingerprint density at radius 2 is 2.16 bits per heavy atom. The van der Waals surface area contributed by atoms with Gasteiger partial charge in [-0.2, -0.15) is 0 Å². The molecule has 2 atom stereocenters. The fourth-order valence-electron chi connectivity index (χ4n) is 2.56. The third-order valence-corrected chi connectivity index (χ3v) is 3.62. The van der Waals surface area contributed by atoms with Gasteiger partial charge in [-0.25, -0.2) is 0 Å². The topological polar surface area (TPSA) is 44.4 Å². The Bertz CT molecular complexity index is 445. The number of para-hydroxylation sites is 1. The van der Waals surface area contributed by atoms with E-state index >= 15 is 0 Å². The third-order valence-electron chi connectivity index (χ3n) is 3.62. The molecule has 1 aliphatic rings. The van der Waals surface area contributed by atoms with E-state index in [1.165, 1.54) is 0 Å². The normalized spacial score (nSPS) is 22.7. The van der Waals surface area contributed by atoms with E-state index in [-0.39, 0.29) is 17.9 Å². The van der Waals surface area contributed by atoms with Crippen LogP contribution >= 0.6 is 0 Å². The van der Waals surface area contributed by atoms with Crippen molar-refractivity contribution in [1.82, 2.24) is 10.2 Å². The Morgan fingerprint density at radius 1 is 1.42 bits per heavy atom. The van der Waals surface area contributed by atoms with Gasteiger partial charge in [-0.15, -0.1) is 0 Å². The molecule has 1 aliphatic heterocycles. The number of benzene rings is 1. The highest BCUT2D eigenvalue weighted by Gasteiger charge is 2.29. The van der Waals surface area contributed by atoms with Gasteiger partial charge < -0.3 is 15.5 Å². The Labute approximate surface area is 115 Å². The van der Waals surface area contributed by atoms with E-state index in [4.69, 9.17) is 0 Å². The van der Waals surface area contributed by atoms with E-state index in [1.807, 2.05) is 32.3 Å². The summed E-state index contributed by atoms with van der Waals surface area (Å²) >= 11 is 0. The lowest BCUT2D eigenvalue weighted by Crippen LogP contribution is -2.32. The fourth-order valence-corrected chi connectivity index (χ4v) is 2.56. The maximum atomic E-state index is 12.3. The van der Waals surface area contributed by atoms with Gasteiger partial charge in [0, 0.05) is 18.3 Å². The van der Waals surface area contributed by atoms with Crippen LogP contribution in [-0.4, -0.2) is 37.5 Å². The van der Waals surface area contributed by atoms with Crippen molar-refractivity contribution in [2.24, 2.45) is 5.92 Å². The molecule has 1 aromatic rings. The second-order valence-corrected chi connectivity index (χ2v) is 5.52. The average Bonchev–Trinajstić information content (AvgIpc) is 2.77. The molecule has 2 N–H and O–H groups in total. The summed E-state index contributed by atoms with van der Waals surface area (Å²) in [5, 5.41) is 6.40. The third kappa shape index (κ3) is 3.55. The molecule has 19 heavy (non-hydrogen) atoms. The molecule has 0 saturated carbocycles. The highest BCUT2D eigenvalue weighted by atomic mass is 16.1. The summed E-state index contributed by atoms with van der Waals surface area (Å²) in [5.41, 5.74) is 2.08. The minimum Gasteiger partial charge on any atom is -0.325 e. The SMILES string of the molecule is CC1NCCC1C(=O)Nc1ccccc1CN(C)C. The lowest BCUT2D eigenvalue weighted by molar-refractivity contribution is -0.120. The summed E-state index contributed by atoms with van der Waals surface area (Å²) in [6, 6.07) is 8.27. The molecule has 0 aliphatic carbocycles. The number of nitrogens with one attached hydrogen (secondary N) is 2. The Hall–Kier alpha value is -1.39. The number of amides is 1. The van der Waals surface area contributed by atoms with E-state index < -0.39 is 0 Å². The van der Waals surface area contributed by atoms with Crippen LogP contribution in [0.5, 0.6) is 0 Å². The van der Waals surface area contributed by atoms with Gasteiger partial charge in [0.1, 0.15) is 0 Å². The smallest absolute Gasteiger partial charge is 0.229 e. The van der Waals surface area contributed by atoms with Crippen LogP contribution < -0.4 is 10.6 Å². The first-order chi connectivity index (χ1) is 9.08. The molecule has 1 heterocycles. The van der Waals surface area contributed by atoms with Crippen molar-refractivity contribution < 1.29 is 4.79 Å². The second-order valence-electron chi connectivity index (χ2n) is 5.52. The van der Waals surface area contributed by atoms with Crippen LogP contribution in [0.4, 0.5) is 5.69 Å². The standard InChI is InChI=1S/C15H23N3O/c1-11-13(8-9-16-11)15(19)17-14-7-5-4-6-12(14)10-18(2)3/h4-7,11,13,16H,8-10H2,1-3H3,(H,17,19). The summed E-state index contributed by atoms with van der Waals surface area (Å²) < 4.78 is 0. The first kappa shape index (κ1) is 14.0. The van der Waals surface area contributed by atoms with E-state index in [2.05, 4.69) is 28.5 Å². The maximum Gasteiger partial charge on any atom is 0.229 e. The number of hydrogen-bond acceptors (Lipinski definition) is 3. The lowest BCUT2D eigenvalue weighted by atomic mass is 10.0. The van der Waals surface area contributed by atoms with E-state index in [9.17, 15) is 4.79 Å². The number of nitrogens with zero attached hydrogens (tertiary/aromatic N) is 1. The highest BCUT2D eigenvalue weighted by molar-refractivity contribution is 5.93. The summed E-state index contributed by atoms with van der Waals surface area (Å²) in [5.74, 6) is 0.205. The Balaban J connectivity index is 2.08. The summed E-state index contributed by atoms with van der Waals surface area (Å²) in [4.78, 5) is 14.4. The van der Waals surface area contributed by atoms with Crippen molar-refractivity contribution in [3.05, 3.63) is 29.8 Å². The zero-order valence-electron chi connectivity index (χ0n) is 11.9. The van der Waals surface area contributed by atoms with Gasteiger partial charge in [0.2, 0.25) is 5.91 Å². The minimum absolute atomic E-state index is 0.0763. The molecule has 4 nitrogen and oxygen atoms in total. The van der Waals surface area contributed by atoms with Crippen molar-refractivity contribution in [3.8, 4) is 0 Å². The fraction of sp³-hybridized carbons (Fsp3) is 0.533. The van der Waals surface area contributed by atoms with Gasteiger partial charge in [-0.3, -0.25) is 4.79 Å². The van der Waals surface area contributed by atoms with E-state index in [0.29, 0.717) is 0 Å². The van der Waals surface area contributed by atoms with E-state index in [1.54, 1.807) is 0 Å². The molecule has 1 fully saturated rings. The number of carbonyl (C=O) groups is 1. The average molecular weight is 261 g/mol. The van der Waals surface area contributed by atoms with Crippen LogP contribution in [0.25, 0.3) is 0 Å². The Morgan fingerprint density at radius 3 is 2.79 bits per heavy atom. The summed E-state index contributed by atoms with van der Waals surface area (Å²) in [6.07, 6.45) is 0.919. The molecule has 1 saturated heterocycles. The highest BCUT2D eigenvalue weighted by Crippen LogP contribution is 2.21. The molecular weight excluding hydrogens is 238 g/mol. The summed E-state index contributed by atoms with van der Waals surface area (Å²) in [6.45, 7) is 3.83. The van der Waals surface area contributed by atoms with Crippen LogP contribution in [0.1, 0.15) is 18.9 Å². The van der Waals surface area contributed by atoms with Gasteiger partial charge in [0.05, 0.1) is 5.92 Å². The van der Waals surface area contributed by atoms with Crippen molar-refractivity contribution in [1.29, 1.82) is 0 Å². The van der Waals surface area contributed by atoms with Crippen LogP contribution in [0.2, 0.25) is 0 Å². The molecule has 4 heteroatoms. The van der Waals surface area contributed by atoms with Crippen molar-refractivity contribution in [3.63, 3.8) is 0 Å². The van der Waals surface area contributed by atoms with Crippen LogP contribution in [0.15, 0.2) is 24.3 Å². The number of rotatable bonds is 4. The predicted octanol–water partition coefficient (Wildman–Crippen LogP) is 1.68. The molecule has 1 aromatic carbocycles. The minimum atomic E-state index is 0.0763. The molecule has 0 radical (unpaired) electrons. The number of anilines is 1. The van der Waals surface area contributed by atoms with E-state index in [0.717, 1.165) is 30.8 Å². The monoisotopic (exact) mass is 261 g/mol. The van der Waals surface area contributed by atoms with Crippen molar-refractivity contribution in [2.75, 3.05) is 26.0 Å². The zero-order chi connectivity index (χ0) is 13.8. The molecule has 0 spiro atoms. The maximum absolute atomic E-state index is 12.3. The van der Waals surface area contributed by atoms with Gasteiger partial charge in [-0.1, -0.05) is 18.2 Å². The molecular formula is C15H23N3O. The van der Waals surface area contributed by atoms with Crippen LogP contribution in [0, 0.1) is 5.92 Å². The predicted molar refractivity (Wildman–Crippen MR) is 78.0 cm³/mol. The summed E-state index contributed by atoms with van der Waals surface area (Å²) in [7, 11) is 4.06. The van der Waals surface area contributed by atoms with Gasteiger partial charge in [-0.05, 0) is 45.6 Å². The zero-order valence-corrected chi connectivity index (χ0v) is 11.9. The first-order valence-corrected chi connectivity index (χ1v) is 6.85. The van der Waals surface area contributed by atoms with Crippen LogP contribution in [0.3, 0.4) is 0 Å². The largest absolute Gasteiger partial charge is 0.325 e.